The molecule has 2 rings (SSSR count). The van der Waals surface area contributed by atoms with Crippen molar-refractivity contribution in [2.75, 3.05) is 20.7 Å². The van der Waals surface area contributed by atoms with Crippen LogP contribution in [0.15, 0.2) is 29.4 Å². The number of hydrogen-bond donors (Lipinski definition) is 1. The molecule has 8 heteroatoms. The second-order valence-electron chi connectivity index (χ2n) is 5.28. The van der Waals surface area contributed by atoms with E-state index >= 15 is 0 Å². The molecular weight excluding hydrogens is 300 g/mol. The van der Waals surface area contributed by atoms with Crippen molar-refractivity contribution in [3.63, 3.8) is 0 Å². The van der Waals surface area contributed by atoms with Crippen molar-refractivity contribution in [2.45, 2.75) is 12.5 Å². The number of benzene rings is 1. The fraction of sp³-hybridized carbons (Fsp3) is 0.333. The molecule has 8 nitrogen and oxygen atoms in total. The number of urea groups is 1. The highest BCUT2D eigenvalue weighted by Gasteiger charge is 2.54. The molecule has 0 aliphatic carbocycles. The highest BCUT2D eigenvalue weighted by atomic mass is 16.5. The Morgan fingerprint density at radius 2 is 1.96 bits per heavy atom. The van der Waals surface area contributed by atoms with Crippen LogP contribution in [0.3, 0.4) is 0 Å². The summed E-state index contributed by atoms with van der Waals surface area (Å²) in [5.74, 6) is 3.97. The van der Waals surface area contributed by atoms with E-state index in [1.54, 1.807) is 31.2 Å². The summed E-state index contributed by atoms with van der Waals surface area (Å²) in [5, 5.41) is 3.43. The lowest BCUT2D eigenvalue weighted by Gasteiger charge is -2.29. The topological polar surface area (TPSA) is 105 Å². The molecule has 1 aromatic rings. The molecule has 0 aromatic heterocycles. The zero-order chi connectivity index (χ0) is 17.2. The van der Waals surface area contributed by atoms with Crippen molar-refractivity contribution in [1.82, 2.24) is 9.80 Å². The lowest BCUT2D eigenvalue weighted by atomic mass is 9.90. The van der Waals surface area contributed by atoms with E-state index in [1.165, 1.54) is 25.3 Å². The Hall–Kier alpha value is -2.90. The number of rotatable bonds is 4. The van der Waals surface area contributed by atoms with Crippen molar-refractivity contribution < 1.29 is 19.1 Å². The van der Waals surface area contributed by atoms with Gasteiger partial charge in [0.25, 0.3) is 5.91 Å². The van der Waals surface area contributed by atoms with Gasteiger partial charge in [-0.3, -0.25) is 14.5 Å². The smallest absolute Gasteiger partial charge is 0.328 e. The largest absolute Gasteiger partial charge is 0.468 e. The second kappa shape index (κ2) is 6.07. The third kappa shape index (κ3) is 2.63. The molecule has 1 atom stereocenters. The number of imide groups is 1. The molecule has 122 valence electrons. The molecule has 0 saturated carbocycles. The molecule has 2 N–H and O–H groups in total. The van der Waals surface area contributed by atoms with Gasteiger partial charge >= 0.3 is 12.0 Å². The minimum atomic E-state index is -1.19. The maximum atomic E-state index is 12.7. The minimum absolute atomic E-state index is 0.411. The Morgan fingerprint density at radius 1 is 1.35 bits per heavy atom. The zero-order valence-corrected chi connectivity index (χ0v) is 13.1. The van der Waals surface area contributed by atoms with Crippen molar-refractivity contribution in [3.05, 3.63) is 35.4 Å². The molecule has 1 unspecified atom stereocenters. The number of carbonyl (C=O) groups is 3. The number of amides is 3. The lowest BCUT2D eigenvalue weighted by molar-refractivity contribution is -0.145. The molecule has 1 fully saturated rings. The molecule has 1 aromatic carbocycles. The van der Waals surface area contributed by atoms with E-state index < -0.39 is 30.0 Å². The summed E-state index contributed by atoms with van der Waals surface area (Å²) in [6.45, 7) is 1.22. The van der Waals surface area contributed by atoms with Crippen LogP contribution in [0.4, 0.5) is 4.79 Å². The molecular formula is C15H18N4O4. The van der Waals surface area contributed by atoms with E-state index in [0.717, 1.165) is 10.5 Å². The third-order valence-electron chi connectivity index (χ3n) is 4.06. The molecule has 1 saturated heterocycles. The van der Waals surface area contributed by atoms with Gasteiger partial charge in [-0.15, -0.1) is 0 Å². The summed E-state index contributed by atoms with van der Waals surface area (Å²) in [6.07, 6.45) is 1.47. The molecule has 0 spiro atoms. The average Bonchev–Trinajstić information content (AvgIpc) is 2.72. The quantitative estimate of drug-likeness (QED) is 0.282. The van der Waals surface area contributed by atoms with Gasteiger partial charge in [-0.1, -0.05) is 24.3 Å². The molecule has 1 aliphatic rings. The van der Waals surface area contributed by atoms with Gasteiger partial charge in [-0.25, -0.2) is 4.79 Å². The third-order valence-corrected chi connectivity index (χ3v) is 4.06. The van der Waals surface area contributed by atoms with Crippen LogP contribution in [0.5, 0.6) is 0 Å². The molecule has 23 heavy (non-hydrogen) atoms. The molecule has 1 heterocycles. The van der Waals surface area contributed by atoms with E-state index in [2.05, 4.69) is 9.84 Å². The fourth-order valence-electron chi connectivity index (χ4n) is 2.50. The first-order valence-electron chi connectivity index (χ1n) is 6.86. The van der Waals surface area contributed by atoms with Gasteiger partial charge < -0.3 is 15.5 Å². The number of methoxy groups -OCH3 is 1. The molecule has 0 radical (unpaired) electrons. The average molecular weight is 318 g/mol. The maximum absolute atomic E-state index is 12.7. The van der Waals surface area contributed by atoms with E-state index in [1.807, 2.05) is 0 Å². The summed E-state index contributed by atoms with van der Waals surface area (Å²) in [5.41, 5.74) is 0.203. The van der Waals surface area contributed by atoms with E-state index in [9.17, 15) is 14.4 Å². The second-order valence-corrected chi connectivity index (χ2v) is 5.28. The highest BCUT2D eigenvalue weighted by Crippen LogP contribution is 2.35. The Kier molecular flexibility index (Phi) is 4.35. The summed E-state index contributed by atoms with van der Waals surface area (Å²) < 4.78 is 4.53. The SMILES string of the molecule is COC(=O)CN1C(=O)N(C)C(C)(c2ccc(/C=N/N)cc2)C1=O. The number of hydrazone groups is 1. The van der Waals surface area contributed by atoms with Gasteiger partial charge in [0.2, 0.25) is 0 Å². The highest BCUT2D eigenvalue weighted by molar-refractivity contribution is 6.08. The first-order valence-corrected chi connectivity index (χ1v) is 6.86. The first kappa shape index (κ1) is 16.5. The van der Waals surface area contributed by atoms with Gasteiger partial charge in [-0.2, -0.15) is 5.10 Å². The van der Waals surface area contributed by atoms with Crippen LogP contribution < -0.4 is 5.84 Å². The van der Waals surface area contributed by atoms with E-state index in [4.69, 9.17) is 5.84 Å². The summed E-state index contributed by atoms with van der Waals surface area (Å²) in [4.78, 5) is 38.6. The monoisotopic (exact) mass is 318 g/mol. The predicted octanol–water partition coefficient (Wildman–Crippen LogP) is 0.261. The van der Waals surface area contributed by atoms with Gasteiger partial charge in [0.05, 0.1) is 13.3 Å². The predicted molar refractivity (Wildman–Crippen MR) is 82.5 cm³/mol. The summed E-state index contributed by atoms with van der Waals surface area (Å²) in [6, 6.07) is 6.38. The van der Waals surface area contributed by atoms with Crippen LogP contribution in [0.1, 0.15) is 18.1 Å². The summed E-state index contributed by atoms with van der Waals surface area (Å²) >= 11 is 0. The number of nitrogens with two attached hydrogens (primary N) is 1. The Labute approximate surface area is 133 Å². The van der Waals surface area contributed by atoms with Gasteiger partial charge in [0.1, 0.15) is 12.1 Å². The number of nitrogens with zero attached hydrogens (tertiary/aromatic N) is 3. The standard InChI is InChI=1S/C15H18N4O4/c1-15(11-6-4-10(5-7-11)8-17-16)13(21)19(9-12(20)23-3)14(22)18(15)2/h4-8H,9,16H2,1-3H3/b17-8+. The van der Waals surface area contributed by atoms with Crippen LogP contribution in [-0.4, -0.2) is 54.6 Å². The molecule has 1 aliphatic heterocycles. The van der Waals surface area contributed by atoms with E-state index in [0.29, 0.717) is 5.56 Å². The Bertz CT molecular complexity index is 671. The number of ether oxygens (including phenoxy) is 1. The van der Waals surface area contributed by atoms with Crippen LogP contribution in [0.2, 0.25) is 0 Å². The number of carbonyl (C=O) groups excluding carboxylic acids is 3. The van der Waals surface area contributed by atoms with Gasteiger partial charge in [-0.05, 0) is 18.1 Å². The number of likely N-dealkylation sites (N-methyl/N-ethyl adjacent to an activating group) is 1. The molecule has 3 amide bonds. The van der Waals surface area contributed by atoms with Gasteiger partial charge in [0.15, 0.2) is 0 Å². The summed E-state index contributed by atoms with van der Waals surface area (Å²) in [7, 11) is 2.72. The van der Waals surface area contributed by atoms with Crippen molar-refractivity contribution in [1.29, 1.82) is 0 Å². The van der Waals surface area contributed by atoms with E-state index in [-0.39, 0.29) is 0 Å². The lowest BCUT2D eigenvalue weighted by Crippen LogP contribution is -2.42. The maximum Gasteiger partial charge on any atom is 0.328 e. The van der Waals surface area contributed by atoms with Crippen LogP contribution >= 0.6 is 0 Å². The first-order chi connectivity index (χ1) is 10.9. The minimum Gasteiger partial charge on any atom is -0.468 e. The number of esters is 1. The van der Waals surface area contributed by atoms with Gasteiger partial charge in [0, 0.05) is 7.05 Å². The number of hydrogen-bond acceptors (Lipinski definition) is 6. The fourth-order valence-corrected chi connectivity index (χ4v) is 2.50. The van der Waals surface area contributed by atoms with Crippen molar-refractivity contribution in [2.24, 2.45) is 10.9 Å². The van der Waals surface area contributed by atoms with Crippen LogP contribution in [0.25, 0.3) is 0 Å². The normalized spacial score (nSPS) is 21.3. The molecule has 0 bridgehead atoms. The van der Waals surface area contributed by atoms with Crippen LogP contribution in [-0.2, 0) is 19.9 Å². The van der Waals surface area contributed by atoms with Crippen molar-refractivity contribution >= 4 is 24.1 Å². The van der Waals surface area contributed by atoms with Crippen LogP contribution in [0, 0.1) is 0 Å². The Balaban J connectivity index is 2.37. The Morgan fingerprint density at radius 3 is 2.48 bits per heavy atom. The van der Waals surface area contributed by atoms with Crippen molar-refractivity contribution in [3.8, 4) is 0 Å². The zero-order valence-electron chi connectivity index (χ0n) is 13.1.